The van der Waals surface area contributed by atoms with Crippen molar-refractivity contribution in [2.75, 3.05) is 35.2 Å². The third-order valence-corrected chi connectivity index (χ3v) is 6.68. The van der Waals surface area contributed by atoms with Gasteiger partial charge in [0.15, 0.2) is 5.82 Å². The molecule has 4 rings (SSSR count). The van der Waals surface area contributed by atoms with E-state index in [2.05, 4.69) is 25.9 Å². The molecule has 1 aliphatic rings. The molecule has 0 radical (unpaired) electrons. The number of benzene rings is 1. The van der Waals surface area contributed by atoms with Crippen LogP contribution in [0.25, 0.3) is 21.9 Å². The second kappa shape index (κ2) is 13.8. The average molecular weight is 671 g/mol. The van der Waals surface area contributed by atoms with E-state index in [-0.39, 0.29) is 59.3 Å². The number of amides is 4. The van der Waals surface area contributed by atoms with Gasteiger partial charge in [0.2, 0.25) is 5.88 Å². The summed E-state index contributed by atoms with van der Waals surface area (Å²) in [6.45, 7) is 13.4. The Morgan fingerprint density at radius 1 is 0.979 bits per heavy atom. The summed E-state index contributed by atoms with van der Waals surface area (Å²) in [6.07, 6.45) is -1.82. The topological polar surface area (TPSA) is 191 Å². The number of halogens is 1. The average Bonchev–Trinajstić information content (AvgIpc) is 2.95. The maximum absolute atomic E-state index is 16.4. The number of anilines is 3. The molecule has 16 heteroatoms. The first-order chi connectivity index (χ1) is 22.3. The molecule has 48 heavy (non-hydrogen) atoms. The second-order valence-electron chi connectivity index (χ2n) is 13.0. The van der Waals surface area contributed by atoms with Gasteiger partial charge in [-0.25, -0.2) is 33.5 Å². The van der Waals surface area contributed by atoms with Gasteiger partial charge in [-0.3, -0.25) is 15.5 Å². The van der Waals surface area contributed by atoms with Crippen LogP contribution in [0.3, 0.4) is 0 Å². The van der Waals surface area contributed by atoms with Crippen molar-refractivity contribution < 1.29 is 47.6 Å². The van der Waals surface area contributed by atoms with Gasteiger partial charge >= 0.3 is 24.4 Å². The molecule has 1 aromatic carbocycles. The molecule has 0 aliphatic carbocycles. The Morgan fingerprint density at radius 2 is 1.65 bits per heavy atom. The van der Waals surface area contributed by atoms with Gasteiger partial charge < -0.3 is 29.4 Å². The predicted octanol–water partition coefficient (Wildman–Crippen LogP) is 6.43. The fourth-order valence-electron chi connectivity index (χ4n) is 4.76. The Kier molecular flexibility index (Phi) is 10.2. The highest BCUT2D eigenvalue weighted by Gasteiger charge is 2.30. The van der Waals surface area contributed by atoms with Crippen molar-refractivity contribution in [3.8, 4) is 17.0 Å². The van der Waals surface area contributed by atoms with Crippen LogP contribution in [0.4, 0.5) is 40.8 Å². The van der Waals surface area contributed by atoms with Crippen LogP contribution in [0.2, 0.25) is 0 Å². The lowest BCUT2D eigenvalue weighted by molar-refractivity contribution is 0.0485. The minimum Gasteiger partial charge on any atom is -0.474 e. The molecule has 15 nitrogen and oxygen atoms in total. The summed E-state index contributed by atoms with van der Waals surface area (Å²) in [5.74, 6) is -0.737. The molecule has 0 fully saturated rings. The fraction of sp³-hybridized carbons (Fsp3) is 0.438. The Bertz CT molecular complexity index is 1750. The molecule has 3 heterocycles. The van der Waals surface area contributed by atoms with E-state index in [4.69, 9.17) is 18.9 Å². The molecule has 1 aliphatic heterocycles. The molecule has 258 valence electrons. The molecule has 3 aromatic rings. The standard InChI is InChI=1S/C32H39FN6O9/c1-16(13-36-27(40)47-31(3,4)5)46-28(41)37-22-12-18-11-19(20-14-35-26-25(17(20)2)39(30(43)44)9-10-45-26)23(33)24(21(18)15-34-22)38-29(42)48-32(6,7)8/h11-12,14-16H,9-10,13H2,1-8H3,(H,36,40)(H,38,42)(H,43,44)(H,34,37,41). The number of ether oxygens (including phenoxy) is 4. The van der Waals surface area contributed by atoms with Crippen molar-refractivity contribution in [2.24, 2.45) is 0 Å². The molecule has 4 amide bonds. The maximum atomic E-state index is 16.4. The summed E-state index contributed by atoms with van der Waals surface area (Å²) in [6, 6.07) is 2.90. The molecule has 0 saturated heterocycles. The zero-order valence-electron chi connectivity index (χ0n) is 27.9. The summed E-state index contributed by atoms with van der Waals surface area (Å²) in [5.41, 5.74) is -1.10. The van der Waals surface area contributed by atoms with Crippen LogP contribution in [-0.4, -0.2) is 76.4 Å². The van der Waals surface area contributed by atoms with Crippen molar-refractivity contribution >= 4 is 52.3 Å². The monoisotopic (exact) mass is 670 g/mol. The first kappa shape index (κ1) is 35.4. The molecule has 0 spiro atoms. The van der Waals surface area contributed by atoms with Crippen LogP contribution in [0.5, 0.6) is 5.88 Å². The van der Waals surface area contributed by atoms with Gasteiger partial charge in [-0.2, -0.15) is 0 Å². The molecule has 1 atom stereocenters. The Labute approximate surface area is 276 Å². The molecule has 1 unspecified atom stereocenters. The lowest BCUT2D eigenvalue weighted by Gasteiger charge is -2.29. The quantitative estimate of drug-likeness (QED) is 0.211. The lowest BCUT2D eigenvalue weighted by atomic mass is 9.96. The Morgan fingerprint density at radius 3 is 2.29 bits per heavy atom. The van der Waals surface area contributed by atoms with E-state index < -0.39 is 47.5 Å². The van der Waals surface area contributed by atoms with E-state index >= 15 is 4.39 Å². The molecule has 4 N–H and O–H groups in total. The Hall–Kier alpha value is -5.41. The third kappa shape index (κ3) is 8.68. The van der Waals surface area contributed by atoms with Crippen LogP contribution < -0.4 is 25.6 Å². The highest BCUT2D eigenvalue weighted by atomic mass is 19.1. The number of carbonyl (C=O) groups excluding carboxylic acids is 3. The fourth-order valence-corrected chi connectivity index (χ4v) is 4.76. The van der Waals surface area contributed by atoms with E-state index in [1.807, 2.05) is 0 Å². The number of alkyl carbamates (subject to hydrolysis) is 1. The number of carbonyl (C=O) groups is 4. The van der Waals surface area contributed by atoms with Crippen LogP contribution in [-0.2, 0) is 14.2 Å². The van der Waals surface area contributed by atoms with E-state index in [1.54, 1.807) is 55.4 Å². The smallest absolute Gasteiger partial charge is 0.413 e. The number of fused-ring (bicyclic) bond motifs is 2. The van der Waals surface area contributed by atoms with Crippen LogP contribution in [0.1, 0.15) is 54.0 Å². The number of nitrogens with zero attached hydrogens (tertiary/aromatic N) is 3. The second-order valence-corrected chi connectivity index (χ2v) is 13.0. The van der Waals surface area contributed by atoms with Gasteiger partial charge in [0.1, 0.15) is 35.4 Å². The van der Waals surface area contributed by atoms with Crippen molar-refractivity contribution in [1.82, 2.24) is 15.3 Å². The molecule has 0 bridgehead atoms. The minimum absolute atomic E-state index is 0.0195. The molecule has 0 saturated carbocycles. The number of rotatable bonds is 6. The largest absolute Gasteiger partial charge is 0.474 e. The summed E-state index contributed by atoms with van der Waals surface area (Å²) in [4.78, 5) is 58.9. The highest BCUT2D eigenvalue weighted by molar-refractivity contribution is 6.04. The van der Waals surface area contributed by atoms with Crippen molar-refractivity contribution in [3.05, 3.63) is 35.9 Å². The molecule has 2 aromatic heterocycles. The van der Waals surface area contributed by atoms with Gasteiger partial charge in [0, 0.05) is 28.9 Å². The summed E-state index contributed by atoms with van der Waals surface area (Å²) >= 11 is 0. The summed E-state index contributed by atoms with van der Waals surface area (Å²) in [5, 5.41) is 17.8. The van der Waals surface area contributed by atoms with Crippen LogP contribution >= 0.6 is 0 Å². The number of carboxylic acid groups (broad SMARTS) is 1. The van der Waals surface area contributed by atoms with Gasteiger partial charge in [0.25, 0.3) is 0 Å². The molecular weight excluding hydrogens is 631 g/mol. The summed E-state index contributed by atoms with van der Waals surface area (Å²) < 4.78 is 37.8. The number of nitrogens with one attached hydrogen (secondary N) is 3. The van der Waals surface area contributed by atoms with Crippen LogP contribution in [0, 0.1) is 12.7 Å². The Balaban J connectivity index is 1.69. The number of aromatic nitrogens is 2. The number of hydrogen-bond acceptors (Lipinski definition) is 10. The van der Waals surface area contributed by atoms with Gasteiger partial charge in [-0.05, 0) is 78.5 Å². The van der Waals surface area contributed by atoms with E-state index in [9.17, 15) is 24.3 Å². The maximum Gasteiger partial charge on any atom is 0.413 e. The van der Waals surface area contributed by atoms with Crippen molar-refractivity contribution in [2.45, 2.75) is 72.7 Å². The summed E-state index contributed by atoms with van der Waals surface area (Å²) in [7, 11) is 0. The van der Waals surface area contributed by atoms with E-state index in [0.29, 0.717) is 10.9 Å². The van der Waals surface area contributed by atoms with Gasteiger partial charge in [-0.1, -0.05) is 0 Å². The third-order valence-electron chi connectivity index (χ3n) is 6.68. The van der Waals surface area contributed by atoms with Crippen molar-refractivity contribution in [3.63, 3.8) is 0 Å². The zero-order valence-corrected chi connectivity index (χ0v) is 27.9. The SMILES string of the molecule is Cc1c(-c2cc3cc(NC(=O)OC(C)CNC(=O)OC(C)(C)C)ncc3c(NC(=O)OC(C)(C)C)c2F)cnc2c1N(C(=O)O)CCO2. The van der Waals surface area contributed by atoms with Gasteiger partial charge in [-0.15, -0.1) is 0 Å². The van der Waals surface area contributed by atoms with Crippen molar-refractivity contribution in [1.29, 1.82) is 0 Å². The number of pyridine rings is 2. The minimum atomic E-state index is -1.23. The highest BCUT2D eigenvalue weighted by Crippen LogP contribution is 2.42. The molecular formula is C32H39FN6O9. The first-order valence-electron chi connectivity index (χ1n) is 15.0. The van der Waals surface area contributed by atoms with E-state index in [0.717, 1.165) is 4.90 Å². The lowest BCUT2D eigenvalue weighted by Crippen LogP contribution is -2.37. The van der Waals surface area contributed by atoms with E-state index in [1.165, 1.54) is 24.5 Å². The van der Waals surface area contributed by atoms with Crippen LogP contribution in [0.15, 0.2) is 24.5 Å². The zero-order chi connectivity index (χ0) is 35.6. The normalized spacial score (nSPS) is 13.5. The predicted molar refractivity (Wildman–Crippen MR) is 174 cm³/mol. The van der Waals surface area contributed by atoms with Gasteiger partial charge in [0.05, 0.1) is 18.8 Å². The first-order valence-corrected chi connectivity index (χ1v) is 15.0. The number of hydrogen-bond donors (Lipinski definition) is 4.